The van der Waals surface area contributed by atoms with Gasteiger partial charge in [-0.05, 0) is 56.3 Å². The van der Waals surface area contributed by atoms with Crippen LogP contribution in [0.15, 0.2) is 12.2 Å². The molecular weight excluding hydrogens is 332 g/mol. The minimum absolute atomic E-state index is 0.134. The molecule has 3 rings (SSSR count). The highest BCUT2D eigenvalue weighted by Crippen LogP contribution is 2.59. The maximum Gasteiger partial charge on any atom is 0.331 e. The lowest BCUT2D eigenvalue weighted by Gasteiger charge is -2.52. The molecule has 0 spiro atoms. The second-order valence-corrected chi connectivity index (χ2v) is 9.78. The van der Waals surface area contributed by atoms with Gasteiger partial charge in [0.05, 0.1) is 0 Å². The van der Waals surface area contributed by atoms with Crippen molar-refractivity contribution in [1.29, 1.82) is 0 Å². The fraction of sp³-hybridized carbons (Fsp3) is 0.880. The summed E-state index contributed by atoms with van der Waals surface area (Å²) in [6.07, 6.45) is 23.2. The number of carboxylic acid groups (broad SMARTS) is 1. The SMILES string of the molecule is C=C(C(=O)O)C(C1CCCCCC1)(C1CCCCCC1)C1CCCCCC1. The summed E-state index contributed by atoms with van der Waals surface area (Å²) in [4.78, 5) is 12.4. The second-order valence-electron chi connectivity index (χ2n) is 9.78. The highest BCUT2D eigenvalue weighted by molar-refractivity contribution is 5.87. The van der Waals surface area contributed by atoms with Crippen molar-refractivity contribution in [3.8, 4) is 0 Å². The van der Waals surface area contributed by atoms with Crippen molar-refractivity contribution in [2.75, 3.05) is 0 Å². The summed E-state index contributed by atoms with van der Waals surface area (Å²) < 4.78 is 0. The summed E-state index contributed by atoms with van der Waals surface area (Å²) in [5.41, 5.74) is 0.471. The lowest BCUT2D eigenvalue weighted by atomic mass is 9.51. The zero-order valence-electron chi connectivity index (χ0n) is 17.5. The molecule has 0 atom stereocenters. The predicted octanol–water partition coefficient (Wildman–Crippen LogP) is 7.52. The first-order chi connectivity index (χ1) is 13.2. The Hall–Kier alpha value is -0.790. The van der Waals surface area contributed by atoms with E-state index < -0.39 is 5.97 Å². The fourth-order valence-electron chi connectivity index (χ4n) is 7.20. The van der Waals surface area contributed by atoms with Crippen molar-refractivity contribution < 1.29 is 9.90 Å². The van der Waals surface area contributed by atoms with Crippen molar-refractivity contribution in [2.45, 2.75) is 116 Å². The van der Waals surface area contributed by atoms with Gasteiger partial charge in [0, 0.05) is 11.0 Å². The van der Waals surface area contributed by atoms with E-state index in [4.69, 9.17) is 0 Å². The molecule has 0 aromatic carbocycles. The van der Waals surface area contributed by atoms with Crippen LogP contribution in [0.1, 0.15) is 116 Å². The Kier molecular flexibility index (Phi) is 7.85. The van der Waals surface area contributed by atoms with Crippen LogP contribution >= 0.6 is 0 Å². The third-order valence-corrected chi connectivity index (χ3v) is 8.37. The van der Waals surface area contributed by atoms with E-state index in [1.165, 1.54) is 116 Å². The average molecular weight is 375 g/mol. The van der Waals surface area contributed by atoms with E-state index in [1.54, 1.807) is 0 Å². The first-order valence-corrected chi connectivity index (χ1v) is 12.1. The van der Waals surface area contributed by atoms with Crippen LogP contribution in [0.4, 0.5) is 0 Å². The first kappa shape index (κ1) is 20.9. The molecule has 0 aliphatic heterocycles. The van der Waals surface area contributed by atoms with Crippen molar-refractivity contribution in [2.24, 2.45) is 23.2 Å². The van der Waals surface area contributed by atoms with E-state index in [2.05, 4.69) is 6.58 Å². The predicted molar refractivity (Wildman–Crippen MR) is 113 cm³/mol. The largest absolute Gasteiger partial charge is 0.478 e. The normalized spacial score (nSPS) is 25.3. The molecule has 27 heavy (non-hydrogen) atoms. The number of hydrogen-bond acceptors (Lipinski definition) is 1. The number of carboxylic acids is 1. The second kappa shape index (κ2) is 10.1. The molecule has 2 heteroatoms. The molecular formula is C25H42O2. The van der Waals surface area contributed by atoms with Crippen molar-refractivity contribution in [3.63, 3.8) is 0 Å². The lowest BCUT2D eigenvalue weighted by Crippen LogP contribution is -2.48. The summed E-state index contributed by atoms with van der Waals surface area (Å²) in [7, 11) is 0. The quantitative estimate of drug-likeness (QED) is 0.399. The van der Waals surface area contributed by atoms with E-state index in [1.807, 2.05) is 0 Å². The molecule has 3 aliphatic carbocycles. The summed E-state index contributed by atoms with van der Waals surface area (Å²) in [6.45, 7) is 4.34. The zero-order chi connectivity index (χ0) is 19.1. The van der Waals surface area contributed by atoms with Crippen LogP contribution in [0.3, 0.4) is 0 Å². The lowest BCUT2D eigenvalue weighted by molar-refractivity contribution is -0.136. The van der Waals surface area contributed by atoms with Crippen LogP contribution in [0.5, 0.6) is 0 Å². The number of hydrogen-bond donors (Lipinski definition) is 1. The standard InChI is InChI=1S/C25H42O2/c1-20(24(26)27)25(21-14-8-2-3-9-15-21,22-16-10-4-5-11-17-22)23-18-12-6-7-13-19-23/h21-23H,1-19H2,(H,26,27). The van der Waals surface area contributed by atoms with Gasteiger partial charge in [-0.15, -0.1) is 0 Å². The van der Waals surface area contributed by atoms with Gasteiger partial charge in [0.25, 0.3) is 0 Å². The molecule has 3 aliphatic rings. The minimum Gasteiger partial charge on any atom is -0.478 e. The third-order valence-electron chi connectivity index (χ3n) is 8.37. The average Bonchev–Trinajstić information content (AvgIpc) is 3.19. The van der Waals surface area contributed by atoms with E-state index >= 15 is 0 Å². The molecule has 0 heterocycles. The summed E-state index contributed by atoms with van der Waals surface area (Å²) >= 11 is 0. The van der Waals surface area contributed by atoms with Gasteiger partial charge in [0.15, 0.2) is 0 Å². The van der Waals surface area contributed by atoms with Gasteiger partial charge in [-0.2, -0.15) is 0 Å². The van der Waals surface area contributed by atoms with Gasteiger partial charge in [-0.25, -0.2) is 4.79 Å². The molecule has 0 aromatic rings. The van der Waals surface area contributed by atoms with Gasteiger partial charge in [0.2, 0.25) is 0 Å². The van der Waals surface area contributed by atoms with Gasteiger partial charge in [0.1, 0.15) is 0 Å². The fourth-order valence-corrected chi connectivity index (χ4v) is 7.20. The molecule has 0 aromatic heterocycles. The van der Waals surface area contributed by atoms with Crippen LogP contribution in [-0.2, 0) is 4.79 Å². The van der Waals surface area contributed by atoms with Crippen LogP contribution in [0.2, 0.25) is 0 Å². The molecule has 3 saturated carbocycles. The zero-order valence-corrected chi connectivity index (χ0v) is 17.5. The van der Waals surface area contributed by atoms with E-state index in [-0.39, 0.29) is 5.41 Å². The molecule has 154 valence electrons. The Morgan fingerprint density at radius 2 is 0.852 bits per heavy atom. The van der Waals surface area contributed by atoms with Crippen LogP contribution in [0.25, 0.3) is 0 Å². The minimum atomic E-state index is -0.701. The molecule has 0 saturated heterocycles. The number of rotatable bonds is 5. The van der Waals surface area contributed by atoms with Gasteiger partial charge >= 0.3 is 5.97 Å². The van der Waals surface area contributed by atoms with Crippen LogP contribution < -0.4 is 0 Å². The first-order valence-electron chi connectivity index (χ1n) is 12.1. The summed E-state index contributed by atoms with van der Waals surface area (Å²) in [6, 6.07) is 0. The molecule has 2 nitrogen and oxygen atoms in total. The number of carbonyl (C=O) groups is 1. The maximum atomic E-state index is 12.4. The Labute approximate surface area is 167 Å². The Balaban J connectivity index is 2.05. The van der Waals surface area contributed by atoms with E-state index in [0.29, 0.717) is 23.3 Å². The highest BCUT2D eigenvalue weighted by Gasteiger charge is 2.53. The molecule has 0 bridgehead atoms. The topological polar surface area (TPSA) is 37.3 Å². The maximum absolute atomic E-state index is 12.4. The Morgan fingerprint density at radius 3 is 1.07 bits per heavy atom. The highest BCUT2D eigenvalue weighted by atomic mass is 16.4. The van der Waals surface area contributed by atoms with Crippen LogP contribution in [-0.4, -0.2) is 11.1 Å². The molecule has 0 amide bonds. The van der Waals surface area contributed by atoms with Crippen molar-refractivity contribution in [1.82, 2.24) is 0 Å². The van der Waals surface area contributed by atoms with E-state index in [9.17, 15) is 9.90 Å². The van der Waals surface area contributed by atoms with Crippen molar-refractivity contribution >= 4 is 5.97 Å². The molecule has 1 N–H and O–H groups in total. The van der Waals surface area contributed by atoms with Crippen molar-refractivity contribution in [3.05, 3.63) is 12.2 Å². The van der Waals surface area contributed by atoms with Crippen LogP contribution in [0, 0.1) is 23.2 Å². The van der Waals surface area contributed by atoms with Gasteiger partial charge in [-0.3, -0.25) is 0 Å². The Bertz CT molecular complexity index is 420. The van der Waals surface area contributed by atoms with Gasteiger partial charge < -0.3 is 5.11 Å². The molecule has 0 unspecified atom stereocenters. The smallest absolute Gasteiger partial charge is 0.331 e. The van der Waals surface area contributed by atoms with Gasteiger partial charge in [-0.1, -0.05) is 83.6 Å². The van der Waals surface area contributed by atoms with E-state index in [0.717, 1.165) is 0 Å². The number of aliphatic carboxylic acids is 1. The molecule has 0 radical (unpaired) electrons. The Morgan fingerprint density at radius 1 is 0.593 bits per heavy atom. The monoisotopic (exact) mass is 374 g/mol. The summed E-state index contributed by atoms with van der Waals surface area (Å²) in [5.74, 6) is 0.951. The summed E-state index contributed by atoms with van der Waals surface area (Å²) in [5, 5.41) is 10.2. The third kappa shape index (κ3) is 4.62. The molecule has 3 fully saturated rings.